The molecule has 1 aromatic heterocycles. The van der Waals surface area contributed by atoms with E-state index in [9.17, 15) is 24.0 Å². The molecule has 0 saturated carbocycles. The third-order valence-corrected chi connectivity index (χ3v) is 8.60. The van der Waals surface area contributed by atoms with Crippen LogP contribution < -0.4 is 10.6 Å². The van der Waals surface area contributed by atoms with Gasteiger partial charge in [0.2, 0.25) is 17.7 Å². The maximum atomic E-state index is 13.2. The molecule has 2 aliphatic rings. The lowest BCUT2D eigenvalue weighted by molar-refractivity contribution is -0.137. The number of amides is 4. The summed E-state index contributed by atoms with van der Waals surface area (Å²) in [5.74, 6) is -0.916. The molecule has 2 N–H and O–H groups in total. The Morgan fingerprint density at radius 3 is 2.48 bits per heavy atom. The number of fused-ring (bicyclic) bond motifs is 1. The number of ketones is 1. The van der Waals surface area contributed by atoms with Crippen LogP contribution in [0, 0.1) is 5.92 Å². The van der Waals surface area contributed by atoms with Crippen LogP contribution in [0.4, 0.5) is 0 Å². The summed E-state index contributed by atoms with van der Waals surface area (Å²) < 4.78 is 0. The van der Waals surface area contributed by atoms with Crippen molar-refractivity contribution in [2.45, 2.75) is 71.0 Å². The second kappa shape index (κ2) is 13.2. The summed E-state index contributed by atoms with van der Waals surface area (Å²) in [6, 6.07) is 9.91. The predicted molar refractivity (Wildman–Crippen MR) is 154 cm³/mol. The zero-order valence-corrected chi connectivity index (χ0v) is 24.2. The highest BCUT2D eigenvalue weighted by atomic mass is 32.1. The normalized spacial score (nSPS) is 19.7. The second-order valence-electron chi connectivity index (χ2n) is 10.8. The van der Waals surface area contributed by atoms with Gasteiger partial charge in [-0.05, 0) is 54.3 Å². The maximum Gasteiger partial charge on any atom is 0.251 e. The quantitative estimate of drug-likeness (QED) is 0.433. The van der Waals surface area contributed by atoms with Gasteiger partial charge in [-0.1, -0.05) is 38.5 Å². The van der Waals surface area contributed by atoms with E-state index >= 15 is 0 Å². The van der Waals surface area contributed by atoms with E-state index in [0.29, 0.717) is 37.9 Å². The van der Waals surface area contributed by atoms with Gasteiger partial charge in [-0.15, -0.1) is 11.3 Å². The average molecular weight is 567 g/mol. The molecule has 0 aliphatic carbocycles. The Balaban J connectivity index is 1.25. The van der Waals surface area contributed by atoms with Crippen LogP contribution in [0.3, 0.4) is 0 Å². The minimum Gasteiger partial charge on any atom is -0.352 e. The molecule has 2 saturated heterocycles. The lowest BCUT2D eigenvalue weighted by Crippen LogP contribution is -2.50. The number of likely N-dealkylation sites (tertiary alicyclic amines) is 2. The van der Waals surface area contributed by atoms with E-state index in [1.807, 2.05) is 55.6 Å². The van der Waals surface area contributed by atoms with Crippen LogP contribution >= 0.6 is 11.3 Å². The molecule has 40 heavy (non-hydrogen) atoms. The molecule has 0 spiro atoms. The fraction of sp³-hybridized carbons (Fsp3) is 0.500. The van der Waals surface area contributed by atoms with Crippen molar-refractivity contribution in [2.24, 2.45) is 5.92 Å². The number of carbonyl (C=O) groups excluding carboxylic acids is 5. The number of benzene rings is 1. The van der Waals surface area contributed by atoms with E-state index in [1.54, 1.807) is 21.1 Å². The lowest BCUT2D eigenvalue weighted by atomic mass is 10.0. The van der Waals surface area contributed by atoms with Gasteiger partial charge < -0.3 is 20.4 Å². The van der Waals surface area contributed by atoms with Crippen LogP contribution in [0.15, 0.2) is 41.8 Å². The van der Waals surface area contributed by atoms with Crippen LogP contribution in [0.1, 0.15) is 63.2 Å². The SMILES string of the molecule is CCCC(NC(C)=O)C(=O)N1CC(=O)C2C1CCN2C(=O)CC(C)CCNC(=O)c1ccc(-c2cccs2)cc1. The van der Waals surface area contributed by atoms with E-state index in [4.69, 9.17) is 0 Å². The van der Waals surface area contributed by atoms with Crippen LogP contribution in [-0.4, -0.2) is 77.0 Å². The van der Waals surface area contributed by atoms with Crippen molar-refractivity contribution in [1.29, 1.82) is 0 Å². The standard InChI is InChI=1S/C30H38N4O5S/c1-4-6-23(32-20(3)35)30(39)34-18-25(36)28-24(34)13-15-33(28)27(37)17-19(2)12-14-31-29(38)22-10-8-21(9-11-22)26-7-5-16-40-26/h5,7-11,16,19,23-24,28H,4,6,12-15,17-18H2,1-3H3,(H,31,38)(H,32,35). The topological polar surface area (TPSA) is 116 Å². The third kappa shape index (κ3) is 6.78. The van der Waals surface area contributed by atoms with Crippen molar-refractivity contribution >= 4 is 40.7 Å². The molecular formula is C30H38N4O5S. The van der Waals surface area contributed by atoms with Gasteiger partial charge in [-0.2, -0.15) is 0 Å². The molecule has 0 bridgehead atoms. The Hall–Kier alpha value is -3.53. The highest BCUT2D eigenvalue weighted by Crippen LogP contribution is 2.31. The lowest BCUT2D eigenvalue weighted by Gasteiger charge is -2.28. The molecule has 4 amide bonds. The van der Waals surface area contributed by atoms with Crippen LogP contribution in [-0.2, 0) is 19.2 Å². The highest BCUT2D eigenvalue weighted by Gasteiger charge is 2.52. The van der Waals surface area contributed by atoms with Gasteiger partial charge in [-0.25, -0.2) is 0 Å². The molecule has 2 aromatic rings. The van der Waals surface area contributed by atoms with Crippen molar-refractivity contribution in [3.63, 3.8) is 0 Å². The van der Waals surface area contributed by atoms with Crippen LogP contribution in [0.2, 0.25) is 0 Å². The van der Waals surface area contributed by atoms with Gasteiger partial charge in [0.1, 0.15) is 12.1 Å². The Morgan fingerprint density at radius 2 is 1.82 bits per heavy atom. The van der Waals surface area contributed by atoms with Gasteiger partial charge in [0.25, 0.3) is 5.91 Å². The highest BCUT2D eigenvalue weighted by molar-refractivity contribution is 7.13. The molecule has 2 aliphatic heterocycles. The number of carbonyl (C=O) groups is 5. The summed E-state index contributed by atoms with van der Waals surface area (Å²) in [5, 5.41) is 7.66. The first kappa shape index (κ1) is 29.5. The van der Waals surface area contributed by atoms with E-state index in [-0.39, 0.29) is 54.3 Å². The molecular weight excluding hydrogens is 528 g/mol. The summed E-state index contributed by atoms with van der Waals surface area (Å²) >= 11 is 1.65. The van der Waals surface area contributed by atoms with Crippen molar-refractivity contribution in [2.75, 3.05) is 19.6 Å². The third-order valence-electron chi connectivity index (χ3n) is 7.68. The summed E-state index contributed by atoms with van der Waals surface area (Å²) in [7, 11) is 0. The van der Waals surface area contributed by atoms with Gasteiger partial charge in [0.05, 0.1) is 12.6 Å². The Morgan fingerprint density at radius 1 is 1.07 bits per heavy atom. The van der Waals surface area contributed by atoms with Crippen molar-refractivity contribution in [1.82, 2.24) is 20.4 Å². The van der Waals surface area contributed by atoms with E-state index in [0.717, 1.165) is 16.9 Å². The van der Waals surface area contributed by atoms with Crippen molar-refractivity contribution in [3.8, 4) is 10.4 Å². The van der Waals surface area contributed by atoms with Crippen molar-refractivity contribution < 1.29 is 24.0 Å². The first-order valence-electron chi connectivity index (χ1n) is 14.0. The van der Waals surface area contributed by atoms with E-state index in [2.05, 4.69) is 10.6 Å². The zero-order chi connectivity index (χ0) is 28.8. The first-order chi connectivity index (χ1) is 19.2. The average Bonchev–Trinajstić information content (AvgIpc) is 3.67. The smallest absolute Gasteiger partial charge is 0.251 e. The monoisotopic (exact) mass is 566 g/mol. The number of hydrogen-bond donors (Lipinski definition) is 2. The van der Waals surface area contributed by atoms with Crippen LogP contribution in [0.5, 0.6) is 0 Å². The summed E-state index contributed by atoms with van der Waals surface area (Å²) in [4.78, 5) is 67.8. The Labute approximate surface area is 239 Å². The summed E-state index contributed by atoms with van der Waals surface area (Å²) in [5.41, 5.74) is 1.66. The number of thiophene rings is 1. The number of nitrogens with zero attached hydrogens (tertiary/aromatic N) is 2. The van der Waals surface area contributed by atoms with Crippen LogP contribution in [0.25, 0.3) is 10.4 Å². The first-order valence-corrected chi connectivity index (χ1v) is 14.9. The van der Waals surface area contributed by atoms with Gasteiger partial charge in [-0.3, -0.25) is 24.0 Å². The number of Topliss-reactive ketones (excluding diaryl/α,β-unsaturated/α-hetero) is 1. The van der Waals surface area contributed by atoms with Crippen molar-refractivity contribution in [3.05, 3.63) is 47.3 Å². The van der Waals surface area contributed by atoms with Gasteiger partial charge in [0, 0.05) is 36.9 Å². The molecule has 0 radical (unpaired) electrons. The number of nitrogens with one attached hydrogen (secondary N) is 2. The number of hydrogen-bond acceptors (Lipinski definition) is 6. The summed E-state index contributed by atoms with van der Waals surface area (Å²) in [6.07, 6.45) is 2.65. The second-order valence-corrected chi connectivity index (χ2v) is 11.7. The fourth-order valence-electron chi connectivity index (χ4n) is 5.66. The fourth-order valence-corrected chi connectivity index (χ4v) is 6.40. The minimum absolute atomic E-state index is 0.0102. The van der Waals surface area contributed by atoms with E-state index < -0.39 is 12.1 Å². The maximum absolute atomic E-state index is 13.2. The minimum atomic E-state index is -0.659. The molecule has 10 heteroatoms. The number of rotatable bonds is 11. The van der Waals surface area contributed by atoms with E-state index in [1.165, 1.54) is 6.92 Å². The molecule has 3 heterocycles. The Bertz CT molecular complexity index is 1230. The molecule has 4 rings (SSSR count). The largest absolute Gasteiger partial charge is 0.352 e. The molecule has 9 nitrogen and oxygen atoms in total. The van der Waals surface area contributed by atoms with Gasteiger partial charge in [0.15, 0.2) is 5.78 Å². The summed E-state index contributed by atoms with van der Waals surface area (Å²) in [6.45, 7) is 6.10. The van der Waals surface area contributed by atoms with Gasteiger partial charge >= 0.3 is 0 Å². The molecule has 1 aromatic carbocycles. The molecule has 4 atom stereocenters. The molecule has 2 fully saturated rings. The zero-order valence-electron chi connectivity index (χ0n) is 23.4. The molecule has 4 unspecified atom stereocenters. The molecule has 214 valence electrons. The Kier molecular flexibility index (Phi) is 9.73. The predicted octanol–water partition coefficient (Wildman–Crippen LogP) is 3.25.